The number of rotatable bonds is 7. The number of nitrogens with zero attached hydrogens (tertiary/aromatic N) is 2. The summed E-state index contributed by atoms with van der Waals surface area (Å²) in [5.41, 5.74) is -0.361. The molecule has 0 spiro atoms. The Labute approximate surface area is 159 Å². The number of benzene rings is 1. The van der Waals surface area contributed by atoms with Crippen molar-refractivity contribution < 1.29 is 26.4 Å². The first kappa shape index (κ1) is 21.3. The van der Waals surface area contributed by atoms with Gasteiger partial charge in [0, 0.05) is 11.9 Å². The van der Waals surface area contributed by atoms with E-state index >= 15 is 0 Å². The van der Waals surface area contributed by atoms with Gasteiger partial charge in [-0.15, -0.1) is 11.3 Å². The monoisotopic (exact) mass is 421 g/mol. The van der Waals surface area contributed by atoms with Crippen molar-refractivity contribution in [3.05, 3.63) is 40.9 Å². The quantitative estimate of drug-likeness (QED) is 0.742. The summed E-state index contributed by atoms with van der Waals surface area (Å²) in [6.45, 7) is 2.92. The van der Waals surface area contributed by atoms with E-state index < -0.39 is 39.1 Å². The van der Waals surface area contributed by atoms with Crippen molar-refractivity contribution in [3.63, 3.8) is 0 Å². The van der Waals surface area contributed by atoms with Crippen LogP contribution in [-0.2, 0) is 21.0 Å². The SMILES string of the molecule is CCCN(CC(=O)Nc1nc(C)cs1)S(=O)(=O)c1cccc(C(F)(F)F)c1. The van der Waals surface area contributed by atoms with Crippen LogP contribution in [0.5, 0.6) is 0 Å². The highest BCUT2D eigenvalue weighted by Gasteiger charge is 2.33. The van der Waals surface area contributed by atoms with Gasteiger partial charge in [-0.1, -0.05) is 13.0 Å². The molecule has 1 aromatic heterocycles. The lowest BCUT2D eigenvalue weighted by Gasteiger charge is -2.21. The normalized spacial score (nSPS) is 12.4. The van der Waals surface area contributed by atoms with Crippen LogP contribution in [0.4, 0.5) is 18.3 Å². The van der Waals surface area contributed by atoms with Gasteiger partial charge in [0.25, 0.3) is 0 Å². The fourth-order valence-electron chi connectivity index (χ4n) is 2.25. The predicted molar refractivity (Wildman–Crippen MR) is 96.0 cm³/mol. The van der Waals surface area contributed by atoms with Gasteiger partial charge in [-0.2, -0.15) is 17.5 Å². The second kappa shape index (κ2) is 8.36. The molecule has 11 heteroatoms. The topological polar surface area (TPSA) is 79.4 Å². The number of hydrogen-bond acceptors (Lipinski definition) is 5. The largest absolute Gasteiger partial charge is 0.416 e. The van der Waals surface area contributed by atoms with Crippen LogP contribution in [0.1, 0.15) is 24.6 Å². The average molecular weight is 421 g/mol. The first-order valence-electron chi connectivity index (χ1n) is 7.93. The fraction of sp³-hybridized carbons (Fsp3) is 0.375. The molecule has 1 amide bonds. The standard InChI is InChI=1S/C16H18F3N3O3S2/c1-3-7-22(9-14(23)21-15-20-11(2)10-26-15)27(24,25)13-6-4-5-12(8-13)16(17,18)19/h4-6,8,10H,3,7,9H2,1-2H3,(H,20,21,23). The molecule has 0 saturated heterocycles. The Balaban J connectivity index is 2.24. The Morgan fingerprint density at radius 2 is 2.04 bits per heavy atom. The summed E-state index contributed by atoms with van der Waals surface area (Å²) >= 11 is 1.19. The van der Waals surface area contributed by atoms with Crippen LogP contribution in [0.25, 0.3) is 0 Å². The zero-order valence-electron chi connectivity index (χ0n) is 14.6. The number of hydrogen-bond donors (Lipinski definition) is 1. The van der Waals surface area contributed by atoms with Gasteiger partial charge in [-0.25, -0.2) is 13.4 Å². The van der Waals surface area contributed by atoms with Crippen molar-refractivity contribution in [2.45, 2.75) is 31.3 Å². The van der Waals surface area contributed by atoms with Gasteiger partial charge in [0.1, 0.15) is 0 Å². The number of sulfonamides is 1. The van der Waals surface area contributed by atoms with E-state index in [4.69, 9.17) is 0 Å². The summed E-state index contributed by atoms with van der Waals surface area (Å²) in [5.74, 6) is -0.617. The van der Waals surface area contributed by atoms with Gasteiger partial charge < -0.3 is 5.32 Å². The number of carbonyl (C=O) groups excluding carboxylic acids is 1. The van der Waals surface area contributed by atoms with E-state index in [2.05, 4.69) is 10.3 Å². The lowest BCUT2D eigenvalue weighted by Crippen LogP contribution is -2.38. The smallest absolute Gasteiger partial charge is 0.301 e. The molecule has 0 aliphatic heterocycles. The highest BCUT2D eigenvalue weighted by Crippen LogP contribution is 2.31. The van der Waals surface area contributed by atoms with Gasteiger partial charge in [-0.3, -0.25) is 4.79 Å². The Morgan fingerprint density at radius 1 is 1.33 bits per heavy atom. The zero-order chi connectivity index (χ0) is 20.2. The average Bonchev–Trinajstić information content (AvgIpc) is 2.98. The van der Waals surface area contributed by atoms with Crippen molar-refractivity contribution >= 4 is 32.4 Å². The van der Waals surface area contributed by atoms with Crippen LogP contribution >= 0.6 is 11.3 Å². The van der Waals surface area contributed by atoms with Crippen LogP contribution in [0.2, 0.25) is 0 Å². The lowest BCUT2D eigenvalue weighted by atomic mass is 10.2. The summed E-state index contributed by atoms with van der Waals surface area (Å²) in [5, 5.41) is 4.54. The number of thiazole rings is 1. The molecule has 1 N–H and O–H groups in total. The van der Waals surface area contributed by atoms with Crippen LogP contribution in [-0.4, -0.2) is 36.7 Å². The van der Waals surface area contributed by atoms with Crippen molar-refractivity contribution in [2.24, 2.45) is 0 Å². The highest BCUT2D eigenvalue weighted by atomic mass is 32.2. The molecular weight excluding hydrogens is 403 g/mol. The maximum Gasteiger partial charge on any atom is 0.416 e. The van der Waals surface area contributed by atoms with E-state index in [-0.39, 0.29) is 6.54 Å². The molecule has 148 valence electrons. The van der Waals surface area contributed by atoms with Gasteiger partial charge in [-0.05, 0) is 31.5 Å². The minimum Gasteiger partial charge on any atom is -0.301 e. The molecule has 0 saturated carbocycles. The summed E-state index contributed by atoms with van der Waals surface area (Å²) in [6.07, 6.45) is -4.27. The number of aryl methyl sites for hydroxylation is 1. The molecule has 2 aromatic rings. The maximum atomic E-state index is 12.9. The number of carbonyl (C=O) groups is 1. The zero-order valence-corrected chi connectivity index (χ0v) is 16.2. The number of amides is 1. The van der Waals surface area contributed by atoms with E-state index in [1.54, 1.807) is 19.2 Å². The Kier molecular flexibility index (Phi) is 6.60. The molecule has 0 bridgehead atoms. The van der Waals surface area contributed by atoms with Gasteiger partial charge in [0.2, 0.25) is 15.9 Å². The van der Waals surface area contributed by atoms with E-state index in [0.29, 0.717) is 23.3 Å². The number of nitrogens with one attached hydrogen (secondary N) is 1. The third-order valence-electron chi connectivity index (χ3n) is 3.46. The van der Waals surface area contributed by atoms with E-state index in [1.165, 1.54) is 11.3 Å². The van der Waals surface area contributed by atoms with Crippen molar-refractivity contribution in [3.8, 4) is 0 Å². The number of halogens is 3. The molecule has 0 aliphatic rings. The van der Waals surface area contributed by atoms with Gasteiger partial charge >= 0.3 is 6.18 Å². The molecule has 0 unspecified atom stereocenters. The first-order chi connectivity index (χ1) is 12.5. The fourth-order valence-corrected chi connectivity index (χ4v) is 4.48. The number of aromatic nitrogens is 1. The molecule has 0 aliphatic carbocycles. The maximum absolute atomic E-state index is 12.9. The van der Waals surface area contributed by atoms with Crippen molar-refractivity contribution in [1.29, 1.82) is 0 Å². The third kappa shape index (κ3) is 5.50. The second-order valence-corrected chi connectivity index (χ2v) is 8.50. The minimum absolute atomic E-state index is 0.0110. The third-order valence-corrected chi connectivity index (χ3v) is 6.17. The molecule has 0 atom stereocenters. The molecule has 0 radical (unpaired) electrons. The molecule has 0 fully saturated rings. The molecule has 1 aromatic carbocycles. The van der Waals surface area contributed by atoms with Crippen LogP contribution in [0.3, 0.4) is 0 Å². The Bertz CT molecular complexity index is 911. The highest BCUT2D eigenvalue weighted by molar-refractivity contribution is 7.89. The Hall–Kier alpha value is -1.98. The second-order valence-electron chi connectivity index (χ2n) is 5.71. The van der Waals surface area contributed by atoms with Crippen molar-refractivity contribution in [2.75, 3.05) is 18.4 Å². The van der Waals surface area contributed by atoms with E-state index in [0.717, 1.165) is 22.5 Å². The molecule has 1 heterocycles. The molecule has 27 heavy (non-hydrogen) atoms. The van der Waals surface area contributed by atoms with Crippen LogP contribution in [0.15, 0.2) is 34.5 Å². The van der Waals surface area contributed by atoms with Crippen LogP contribution in [0, 0.1) is 6.92 Å². The molecule has 6 nitrogen and oxygen atoms in total. The van der Waals surface area contributed by atoms with Crippen molar-refractivity contribution in [1.82, 2.24) is 9.29 Å². The van der Waals surface area contributed by atoms with Gasteiger partial charge in [0.15, 0.2) is 5.13 Å². The summed E-state index contributed by atoms with van der Waals surface area (Å²) in [4.78, 5) is 15.7. The summed E-state index contributed by atoms with van der Waals surface area (Å²) in [7, 11) is -4.27. The van der Waals surface area contributed by atoms with E-state index in [1.807, 2.05) is 0 Å². The lowest BCUT2D eigenvalue weighted by molar-refractivity contribution is -0.137. The van der Waals surface area contributed by atoms with Gasteiger partial charge in [0.05, 0.1) is 22.7 Å². The number of alkyl halides is 3. The summed E-state index contributed by atoms with van der Waals surface area (Å²) in [6, 6.07) is 3.47. The Morgan fingerprint density at radius 3 is 2.59 bits per heavy atom. The summed E-state index contributed by atoms with van der Waals surface area (Å²) < 4.78 is 65.0. The van der Waals surface area contributed by atoms with E-state index in [9.17, 15) is 26.4 Å². The van der Waals surface area contributed by atoms with Crippen LogP contribution < -0.4 is 5.32 Å². The molecule has 2 rings (SSSR count). The number of anilines is 1. The minimum atomic E-state index is -4.67. The molecular formula is C16H18F3N3O3S2. The predicted octanol–water partition coefficient (Wildman–Crippen LogP) is 3.51. The first-order valence-corrected chi connectivity index (χ1v) is 10.3.